The van der Waals surface area contributed by atoms with Crippen LogP contribution in [0.3, 0.4) is 0 Å². The van der Waals surface area contributed by atoms with Crippen molar-refractivity contribution in [3.05, 3.63) is 94.5 Å². The van der Waals surface area contributed by atoms with Crippen LogP contribution in [0.15, 0.2) is 77.7 Å². The molecular weight excluding hydrogens is 570 g/mol. The van der Waals surface area contributed by atoms with Crippen molar-refractivity contribution < 1.29 is 18.0 Å². The van der Waals surface area contributed by atoms with Crippen LogP contribution in [0, 0.1) is 6.92 Å². The number of halogens is 1. The van der Waals surface area contributed by atoms with Crippen LogP contribution in [-0.2, 0) is 32.6 Å². The molecular formula is C33H40ClN3O4S. The number of carbonyl (C=O) groups is 2. The Morgan fingerprint density at radius 1 is 0.952 bits per heavy atom. The molecule has 2 amide bonds. The Balaban J connectivity index is 1.70. The zero-order valence-corrected chi connectivity index (χ0v) is 26.1. The van der Waals surface area contributed by atoms with Gasteiger partial charge in [-0.25, -0.2) is 8.42 Å². The van der Waals surface area contributed by atoms with Crippen LogP contribution < -0.4 is 9.62 Å². The van der Waals surface area contributed by atoms with Crippen molar-refractivity contribution in [3.8, 4) is 0 Å². The van der Waals surface area contributed by atoms with Gasteiger partial charge in [0.15, 0.2) is 0 Å². The van der Waals surface area contributed by atoms with Crippen molar-refractivity contribution in [3.63, 3.8) is 0 Å². The Bertz CT molecular complexity index is 1470. The highest BCUT2D eigenvalue weighted by atomic mass is 35.5. The van der Waals surface area contributed by atoms with Crippen LogP contribution in [0.2, 0.25) is 5.02 Å². The van der Waals surface area contributed by atoms with Crippen LogP contribution >= 0.6 is 11.6 Å². The molecule has 0 saturated heterocycles. The fraction of sp³-hybridized carbons (Fsp3) is 0.394. The SMILES string of the molecule is CCc1ccccc1N(CC(=O)N(Cc1ccc(Cl)cc1)[C@@H](C)C(=O)NC1CCCCC1)S(=O)(=O)c1ccc(C)cc1. The summed E-state index contributed by atoms with van der Waals surface area (Å²) in [5, 5.41) is 3.69. The molecule has 0 bridgehead atoms. The van der Waals surface area contributed by atoms with Crippen LogP contribution in [0.5, 0.6) is 0 Å². The van der Waals surface area contributed by atoms with E-state index in [0.717, 1.165) is 48.8 Å². The number of hydrogen-bond donors (Lipinski definition) is 1. The minimum Gasteiger partial charge on any atom is -0.352 e. The Morgan fingerprint density at radius 2 is 1.60 bits per heavy atom. The van der Waals surface area contributed by atoms with Gasteiger partial charge in [0.1, 0.15) is 12.6 Å². The Kier molecular flexibility index (Phi) is 10.7. The molecule has 1 atom stereocenters. The van der Waals surface area contributed by atoms with Gasteiger partial charge in [-0.1, -0.05) is 85.8 Å². The molecule has 1 aliphatic rings. The third kappa shape index (κ3) is 7.72. The summed E-state index contributed by atoms with van der Waals surface area (Å²) >= 11 is 6.10. The van der Waals surface area contributed by atoms with Gasteiger partial charge >= 0.3 is 0 Å². The number of nitrogens with zero attached hydrogens (tertiary/aromatic N) is 2. The fourth-order valence-corrected chi connectivity index (χ4v) is 6.92. The first-order chi connectivity index (χ1) is 20.1. The molecule has 0 spiro atoms. The quantitative estimate of drug-likeness (QED) is 0.277. The smallest absolute Gasteiger partial charge is 0.264 e. The van der Waals surface area contributed by atoms with Crippen molar-refractivity contribution in [1.82, 2.24) is 10.2 Å². The highest BCUT2D eigenvalue weighted by Crippen LogP contribution is 2.28. The molecule has 1 fully saturated rings. The van der Waals surface area contributed by atoms with E-state index in [2.05, 4.69) is 5.32 Å². The van der Waals surface area contributed by atoms with Crippen LogP contribution in [0.25, 0.3) is 0 Å². The molecule has 1 aliphatic carbocycles. The van der Waals surface area contributed by atoms with Gasteiger partial charge in [0.25, 0.3) is 10.0 Å². The average Bonchev–Trinajstić information content (AvgIpc) is 2.99. The molecule has 1 saturated carbocycles. The monoisotopic (exact) mass is 609 g/mol. The second kappa shape index (κ2) is 14.2. The van der Waals surface area contributed by atoms with Gasteiger partial charge in [0.05, 0.1) is 10.6 Å². The van der Waals surface area contributed by atoms with Crippen molar-refractivity contribution in [2.75, 3.05) is 10.8 Å². The van der Waals surface area contributed by atoms with E-state index in [1.54, 1.807) is 55.5 Å². The molecule has 4 rings (SSSR count). The second-order valence-electron chi connectivity index (χ2n) is 11.0. The first-order valence-corrected chi connectivity index (χ1v) is 16.4. The highest BCUT2D eigenvalue weighted by Gasteiger charge is 2.34. The summed E-state index contributed by atoms with van der Waals surface area (Å²) in [5.41, 5.74) is 2.96. The summed E-state index contributed by atoms with van der Waals surface area (Å²) in [5.74, 6) is -0.719. The third-order valence-electron chi connectivity index (χ3n) is 7.91. The van der Waals surface area contributed by atoms with Crippen LogP contribution in [0.1, 0.15) is 62.6 Å². The molecule has 0 heterocycles. The van der Waals surface area contributed by atoms with Gasteiger partial charge < -0.3 is 10.2 Å². The fourth-order valence-electron chi connectivity index (χ4n) is 5.34. The van der Waals surface area contributed by atoms with Crippen LogP contribution in [0.4, 0.5) is 5.69 Å². The molecule has 3 aromatic rings. The minimum atomic E-state index is -4.11. The molecule has 0 aliphatic heterocycles. The van der Waals surface area contributed by atoms with Gasteiger partial charge in [-0.15, -0.1) is 0 Å². The van der Waals surface area contributed by atoms with E-state index in [1.807, 2.05) is 38.1 Å². The highest BCUT2D eigenvalue weighted by molar-refractivity contribution is 7.92. The lowest BCUT2D eigenvalue weighted by molar-refractivity contribution is -0.139. The average molecular weight is 610 g/mol. The van der Waals surface area contributed by atoms with E-state index < -0.39 is 28.5 Å². The lowest BCUT2D eigenvalue weighted by Gasteiger charge is -2.33. The van der Waals surface area contributed by atoms with E-state index in [-0.39, 0.29) is 23.4 Å². The van der Waals surface area contributed by atoms with Crippen molar-refractivity contribution in [2.45, 2.75) is 82.8 Å². The number of aryl methyl sites for hydroxylation is 2. The maximum absolute atomic E-state index is 14.2. The number of amides is 2. The van der Waals surface area contributed by atoms with Gasteiger partial charge in [-0.3, -0.25) is 13.9 Å². The zero-order chi connectivity index (χ0) is 30.3. The van der Waals surface area contributed by atoms with E-state index in [4.69, 9.17) is 11.6 Å². The summed E-state index contributed by atoms with van der Waals surface area (Å²) < 4.78 is 29.4. The number of sulfonamides is 1. The third-order valence-corrected chi connectivity index (χ3v) is 9.94. The number of benzene rings is 3. The van der Waals surface area contributed by atoms with Gasteiger partial charge in [0.2, 0.25) is 11.8 Å². The summed E-state index contributed by atoms with van der Waals surface area (Å²) in [7, 11) is -4.11. The summed E-state index contributed by atoms with van der Waals surface area (Å²) in [6.45, 7) is 5.20. The summed E-state index contributed by atoms with van der Waals surface area (Å²) in [4.78, 5) is 29.2. The Hall–Kier alpha value is -3.36. The molecule has 0 radical (unpaired) electrons. The number of hydrogen-bond acceptors (Lipinski definition) is 4. The van der Waals surface area contributed by atoms with Crippen molar-refractivity contribution in [2.24, 2.45) is 0 Å². The standard InChI is InChI=1S/C33H40ClN3O4S/c1-4-27-10-8-9-13-31(27)37(42(40,41)30-20-14-24(2)15-21-30)23-32(38)36(22-26-16-18-28(34)19-17-26)25(3)33(39)35-29-11-6-5-7-12-29/h8-10,13-21,25,29H,4-7,11-12,22-23H2,1-3H3,(H,35,39)/t25-/m0/s1. The predicted molar refractivity (Wildman–Crippen MR) is 168 cm³/mol. The van der Waals surface area contributed by atoms with Crippen LogP contribution in [-0.4, -0.2) is 43.8 Å². The summed E-state index contributed by atoms with van der Waals surface area (Å²) in [6.07, 6.45) is 5.71. The second-order valence-corrected chi connectivity index (χ2v) is 13.3. The zero-order valence-electron chi connectivity index (χ0n) is 24.6. The van der Waals surface area contributed by atoms with Gasteiger partial charge in [-0.05, 0) is 74.6 Å². The van der Waals surface area contributed by atoms with E-state index in [0.29, 0.717) is 17.1 Å². The maximum atomic E-state index is 14.2. The minimum absolute atomic E-state index is 0.0797. The number of rotatable bonds is 11. The van der Waals surface area contributed by atoms with Crippen molar-refractivity contribution >= 4 is 39.1 Å². The normalized spacial score (nSPS) is 14.7. The largest absolute Gasteiger partial charge is 0.352 e. The number of nitrogens with one attached hydrogen (secondary N) is 1. The van der Waals surface area contributed by atoms with E-state index >= 15 is 0 Å². The van der Waals surface area contributed by atoms with E-state index in [1.165, 1.54) is 9.21 Å². The molecule has 0 aromatic heterocycles. The maximum Gasteiger partial charge on any atom is 0.264 e. The van der Waals surface area contributed by atoms with Crippen molar-refractivity contribution in [1.29, 1.82) is 0 Å². The lowest BCUT2D eigenvalue weighted by Crippen LogP contribution is -2.53. The first-order valence-electron chi connectivity index (χ1n) is 14.6. The predicted octanol–water partition coefficient (Wildman–Crippen LogP) is 6.27. The lowest BCUT2D eigenvalue weighted by atomic mass is 9.95. The molecule has 224 valence electrons. The number of anilines is 1. The molecule has 9 heteroatoms. The first kappa shape index (κ1) is 31.6. The molecule has 0 unspecified atom stereocenters. The molecule has 1 N–H and O–H groups in total. The Labute approximate surface area is 254 Å². The number of carbonyl (C=O) groups excluding carboxylic acids is 2. The molecule has 7 nitrogen and oxygen atoms in total. The topological polar surface area (TPSA) is 86.8 Å². The van der Waals surface area contributed by atoms with Gasteiger partial charge in [-0.2, -0.15) is 0 Å². The van der Waals surface area contributed by atoms with E-state index in [9.17, 15) is 18.0 Å². The molecule has 42 heavy (non-hydrogen) atoms. The summed E-state index contributed by atoms with van der Waals surface area (Å²) in [6, 6.07) is 20.1. The molecule has 3 aromatic carbocycles. The van der Waals surface area contributed by atoms with Gasteiger partial charge in [0, 0.05) is 17.6 Å². The number of para-hydroxylation sites is 1. The Morgan fingerprint density at radius 3 is 2.24 bits per heavy atom.